The molecule has 1 aromatic carbocycles. The van der Waals surface area contributed by atoms with Crippen molar-refractivity contribution < 1.29 is 0 Å². The van der Waals surface area contributed by atoms with E-state index in [1.807, 2.05) is 0 Å². The summed E-state index contributed by atoms with van der Waals surface area (Å²) in [5, 5.41) is 4.86. The van der Waals surface area contributed by atoms with Crippen LogP contribution in [0.3, 0.4) is 0 Å². The number of nitrogens with one attached hydrogen (secondary N) is 1. The summed E-state index contributed by atoms with van der Waals surface area (Å²) < 4.78 is 1.28. The number of benzene rings is 1. The van der Waals surface area contributed by atoms with Crippen LogP contribution in [0.25, 0.3) is 10.2 Å². The first-order valence-corrected chi connectivity index (χ1v) is 8.03. The van der Waals surface area contributed by atoms with E-state index in [1.165, 1.54) is 22.5 Å². The molecule has 0 saturated heterocycles. The lowest BCUT2D eigenvalue weighted by molar-refractivity contribution is 0.385. The van der Waals surface area contributed by atoms with Gasteiger partial charge < -0.3 is 5.32 Å². The third kappa shape index (κ3) is 3.77. The Morgan fingerprint density at radius 1 is 1.21 bits per heavy atom. The van der Waals surface area contributed by atoms with Crippen molar-refractivity contribution in [3.05, 3.63) is 29.3 Å². The number of fused-ring (bicyclic) bond motifs is 1. The first-order chi connectivity index (χ1) is 9.10. The van der Waals surface area contributed by atoms with E-state index < -0.39 is 0 Å². The van der Waals surface area contributed by atoms with E-state index in [9.17, 15) is 0 Å². The van der Waals surface area contributed by atoms with Crippen LogP contribution in [0.5, 0.6) is 0 Å². The van der Waals surface area contributed by atoms with E-state index in [4.69, 9.17) is 4.98 Å². The number of hydrogen-bond donors (Lipinski definition) is 1. The lowest BCUT2D eigenvalue weighted by atomic mass is 10.00. The van der Waals surface area contributed by atoms with Gasteiger partial charge in [0.25, 0.3) is 0 Å². The number of aromatic nitrogens is 1. The Morgan fingerprint density at radius 2 is 1.95 bits per heavy atom. The zero-order chi connectivity index (χ0) is 13.8. The van der Waals surface area contributed by atoms with Gasteiger partial charge in [0.2, 0.25) is 0 Å². The second-order valence-electron chi connectivity index (χ2n) is 5.56. The van der Waals surface area contributed by atoms with E-state index in [0.29, 0.717) is 12.1 Å². The third-order valence-electron chi connectivity index (χ3n) is 3.67. The maximum absolute atomic E-state index is 4.72. The van der Waals surface area contributed by atoms with E-state index >= 15 is 0 Å². The van der Waals surface area contributed by atoms with Crippen LogP contribution in [-0.4, -0.2) is 11.0 Å². The zero-order valence-corrected chi connectivity index (χ0v) is 13.1. The van der Waals surface area contributed by atoms with Gasteiger partial charge >= 0.3 is 0 Å². The summed E-state index contributed by atoms with van der Waals surface area (Å²) in [7, 11) is 0. The molecule has 1 N–H and O–H groups in total. The molecule has 2 aromatic rings. The van der Waals surface area contributed by atoms with Gasteiger partial charge in [0.1, 0.15) is 5.01 Å². The standard InChI is InChI=1S/C16H24N2S/c1-5-11(2)10-12(3)17-13(4)16-18-14-8-6-7-9-15(14)19-16/h6-9,11-13,17H,5,10H2,1-4H3. The Labute approximate surface area is 120 Å². The SMILES string of the molecule is CCC(C)CC(C)NC(C)c1nc2ccccc2s1. The monoisotopic (exact) mass is 276 g/mol. The second kappa shape index (κ2) is 6.49. The summed E-state index contributed by atoms with van der Waals surface area (Å²) >= 11 is 1.80. The molecule has 104 valence electrons. The Kier molecular flexibility index (Phi) is 4.94. The molecule has 0 aliphatic carbocycles. The number of rotatable bonds is 6. The summed E-state index contributed by atoms with van der Waals surface area (Å²) in [5.41, 5.74) is 1.12. The van der Waals surface area contributed by atoms with Crippen LogP contribution in [0.15, 0.2) is 24.3 Å². The van der Waals surface area contributed by atoms with Crippen molar-refractivity contribution in [1.29, 1.82) is 0 Å². The molecule has 0 aliphatic rings. The van der Waals surface area contributed by atoms with Gasteiger partial charge in [-0.25, -0.2) is 4.98 Å². The highest BCUT2D eigenvalue weighted by atomic mass is 32.1. The van der Waals surface area contributed by atoms with Crippen molar-refractivity contribution in [3.8, 4) is 0 Å². The predicted molar refractivity (Wildman–Crippen MR) is 84.7 cm³/mol. The molecule has 0 fully saturated rings. The Morgan fingerprint density at radius 3 is 2.63 bits per heavy atom. The highest BCUT2D eigenvalue weighted by Gasteiger charge is 2.15. The maximum atomic E-state index is 4.72. The molecule has 0 spiro atoms. The van der Waals surface area contributed by atoms with Crippen LogP contribution in [0.1, 0.15) is 51.6 Å². The molecule has 3 heteroatoms. The Hall–Kier alpha value is -0.930. The van der Waals surface area contributed by atoms with Gasteiger partial charge in [-0.05, 0) is 38.3 Å². The van der Waals surface area contributed by atoms with Crippen LogP contribution in [0.2, 0.25) is 0 Å². The number of para-hydroxylation sites is 1. The van der Waals surface area contributed by atoms with Crippen LogP contribution >= 0.6 is 11.3 Å². The van der Waals surface area contributed by atoms with E-state index in [-0.39, 0.29) is 0 Å². The molecule has 3 atom stereocenters. The molecule has 0 radical (unpaired) electrons. The molecule has 2 rings (SSSR count). The average molecular weight is 276 g/mol. The lowest BCUT2D eigenvalue weighted by Crippen LogP contribution is -2.30. The zero-order valence-electron chi connectivity index (χ0n) is 12.3. The van der Waals surface area contributed by atoms with Crippen molar-refractivity contribution in [2.75, 3.05) is 0 Å². The number of thiazole rings is 1. The molecule has 1 heterocycles. The highest BCUT2D eigenvalue weighted by molar-refractivity contribution is 7.18. The molecule has 3 unspecified atom stereocenters. The fraction of sp³-hybridized carbons (Fsp3) is 0.562. The van der Waals surface area contributed by atoms with Crippen molar-refractivity contribution in [2.24, 2.45) is 5.92 Å². The molecule has 0 amide bonds. The van der Waals surface area contributed by atoms with Crippen molar-refractivity contribution in [1.82, 2.24) is 10.3 Å². The average Bonchev–Trinajstić information content (AvgIpc) is 2.82. The van der Waals surface area contributed by atoms with Gasteiger partial charge in [0.05, 0.1) is 16.3 Å². The molecule has 0 aliphatic heterocycles. The minimum Gasteiger partial charge on any atom is -0.306 e. The van der Waals surface area contributed by atoms with E-state index in [1.54, 1.807) is 11.3 Å². The summed E-state index contributed by atoms with van der Waals surface area (Å²) in [5.74, 6) is 0.782. The summed E-state index contributed by atoms with van der Waals surface area (Å²) in [6.45, 7) is 9.07. The van der Waals surface area contributed by atoms with Crippen LogP contribution < -0.4 is 5.32 Å². The van der Waals surface area contributed by atoms with Gasteiger partial charge in [-0.1, -0.05) is 32.4 Å². The summed E-state index contributed by atoms with van der Waals surface area (Å²) in [6, 6.07) is 9.23. The summed E-state index contributed by atoms with van der Waals surface area (Å²) in [6.07, 6.45) is 2.48. The Balaban J connectivity index is 2.01. The second-order valence-corrected chi connectivity index (χ2v) is 6.62. The number of nitrogens with zero attached hydrogens (tertiary/aromatic N) is 1. The smallest absolute Gasteiger partial charge is 0.111 e. The van der Waals surface area contributed by atoms with Crippen molar-refractivity contribution >= 4 is 21.6 Å². The van der Waals surface area contributed by atoms with E-state index in [2.05, 4.69) is 57.3 Å². The van der Waals surface area contributed by atoms with Gasteiger partial charge in [-0.15, -0.1) is 11.3 Å². The lowest BCUT2D eigenvalue weighted by Gasteiger charge is -2.21. The molecular weight excluding hydrogens is 252 g/mol. The molecule has 0 bridgehead atoms. The molecular formula is C16H24N2S. The third-order valence-corrected chi connectivity index (χ3v) is 4.89. The van der Waals surface area contributed by atoms with Crippen LogP contribution in [0.4, 0.5) is 0 Å². The predicted octanol–water partition coefficient (Wildman–Crippen LogP) is 4.77. The first-order valence-electron chi connectivity index (χ1n) is 7.21. The van der Waals surface area contributed by atoms with E-state index in [0.717, 1.165) is 11.4 Å². The quantitative estimate of drug-likeness (QED) is 0.822. The Bertz CT molecular complexity index is 487. The fourth-order valence-corrected chi connectivity index (χ4v) is 3.39. The van der Waals surface area contributed by atoms with Gasteiger partial charge in [-0.3, -0.25) is 0 Å². The highest BCUT2D eigenvalue weighted by Crippen LogP contribution is 2.26. The largest absolute Gasteiger partial charge is 0.306 e. The van der Waals surface area contributed by atoms with Crippen LogP contribution in [0, 0.1) is 5.92 Å². The first kappa shape index (κ1) is 14.5. The molecule has 19 heavy (non-hydrogen) atoms. The van der Waals surface area contributed by atoms with Crippen molar-refractivity contribution in [3.63, 3.8) is 0 Å². The molecule has 2 nitrogen and oxygen atoms in total. The van der Waals surface area contributed by atoms with Gasteiger partial charge in [0, 0.05) is 6.04 Å². The maximum Gasteiger partial charge on any atom is 0.111 e. The normalized spacial score (nSPS) is 16.4. The topological polar surface area (TPSA) is 24.9 Å². The fourth-order valence-electron chi connectivity index (χ4n) is 2.41. The molecule has 1 aromatic heterocycles. The minimum atomic E-state index is 0.330. The van der Waals surface area contributed by atoms with Gasteiger partial charge in [0.15, 0.2) is 0 Å². The number of hydrogen-bond acceptors (Lipinski definition) is 3. The van der Waals surface area contributed by atoms with Crippen molar-refractivity contribution in [2.45, 2.75) is 52.6 Å². The van der Waals surface area contributed by atoms with Crippen LogP contribution in [-0.2, 0) is 0 Å². The summed E-state index contributed by atoms with van der Waals surface area (Å²) in [4.78, 5) is 4.72. The molecule has 0 saturated carbocycles. The van der Waals surface area contributed by atoms with Gasteiger partial charge in [-0.2, -0.15) is 0 Å². The minimum absolute atomic E-state index is 0.330.